The Bertz CT molecular complexity index is 347. The van der Waals surface area contributed by atoms with E-state index < -0.39 is 31.5 Å². The van der Waals surface area contributed by atoms with Crippen LogP contribution in [-0.2, 0) is 48.6 Å². The molecule has 0 aromatic heterocycles. The average molecular weight is 364 g/mol. The van der Waals surface area contributed by atoms with Gasteiger partial charge in [-0.05, 0) is 0 Å². The Kier molecular flexibility index (Phi) is 14.2. The van der Waals surface area contributed by atoms with Crippen molar-refractivity contribution in [3.63, 3.8) is 0 Å². The van der Waals surface area contributed by atoms with Gasteiger partial charge in [0, 0.05) is 17.1 Å². The van der Waals surface area contributed by atoms with Gasteiger partial charge in [0.1, 0.15) is 0 Å². The molecule has 107 valence electrons. The molecule has 0 aliphatic heterocycles. The molecule has 0 aliphatic carbocycles. The zero-order valence-electron chi connectivity index (χ0n) is 6.45. The third-order valence-electron chi connectivity index (χ3n) is 0. The summed E-state index contributed by atoms with van der Waals surface area (Å²) in [7, 11) is -15.5. The Hall–Kier alpha value is 0.0395. The maximum atomic E-state index is 10.2. The van der Waals surface area contributed by atoms with E-state index in [1.807, 2.05) is 0 Å². The van der Waals surface area contributed by atoms with Gasteiger partial charge in [0.15, 0.2) is 0 Å². The molecule has 0 saturated carbocycles. The molecule has 0 rings (SSSR count). The van der Waals surface area contributed by atoms with Gasteiger partial charge >= 0.3 is 31.5 Å². The second-order valence-corrected chi connectivity index (χ2v) is 3.71. The maximum Gasteiger partial charge on any atom is 0.435 e. The molecule has 0 spiro atoms. The van der Waals surface area contributed by atoms with Crippen LogP contribution in [0.1, 0.15) is 0 Å². The minimum absolute atomic E-state index is 0. The second kappa shape index (κ2) is 9.11. The quantitative estimate of drug-likeness (QED) is 0.286. The molecule has 0 heterocycles. The van der Waals surface area contributed by atoms with Gasteiger partial charge in [0.25, 0.3) is 0 Å². The Morgan fingerprint density at radius 1 is 0.562 bits per heavy atom. The van der Waals surface area contributed by atoms with Gasteiger partial charge in [-0.1, -0.05) is 11.7 Å². The van der Waals surface area contributed by atoms with Gasteiger partial charge in [-0.3, -0.25) is 13.7 Å². The van der Waals surface area contributed by atoms with E-state index in [-0.39, 0.29) is 17.1 Å². The predicted octanol–water partition coefficient (Wildman–Crippen LogP) is -0.726. The number of hydrogen-bond donors (Lipinski definition) is 3. The molecule has 0 aromatic carbocycles. The van der Waals surface area contributed by atoms with Gasteiger partial charge in [0.2, 0.25) is 0 Å². The van der Waals surface area contributed by atoms with Crippen LogP contribution in [0.5, 0.6) is 0 Å². The first kappa shape index (κ1) is 25.0. The molecule has 0 aliphatic rings. The molecular formula is H3CuF3O9S3. The van der Waals surface area contributed by atoms with Crippen molar-refractivity contribution in [2.75, 3.05) is 0 Å². The molecule has 0 aromatic rings. The summed E-state index contributed by atoms with van der Waals surface area (Å²) in [5, 5.41) is 0. The van der Waals surface area contributed by atoms with Crippen LogP contribution in [0.15, 0.2) is 0 Å². The number of hydrogen-bond acceptors (Lipinski definition) is 6. The van der Waals surface area contributed by atoms with E-state index in [4.69, 9.17) is 38.9 Å². The van der Waals surface area contributed by atoms with E-state index in [0.29, 0.717) is 0 Å². The van der Waals surface area contributed by atoms with E-state index in [0.717, 1.165) is 0 Å². The van der Waals surface area contributed by atoms with Gasteiger partial charge in [-0.25, -0.2) is 0 Å². The molecule has 1 radical (unpaired) electrons. The van der Waals surface area contributed by atoms with Crippen LogP contribution in [0.2, 0.25) is 0 Å². The van der Waals surface area contributed by atoms with Crippen LogP contribution in [0.25, 0.3) is 0 Å². The van der Waals surface area contributed by atoms with Crippen LogP contribution in [-0.4, -0.2) is 38.9 Å². The van der Waals surface area contributed by atoms with E-state index in [2.05, 4.69) is 0 Å². The summed E-state index contributed by atoms with van der Waals surface area (Å²) < 4.78 is 102. The van der Waals surface area contributed by atoms with Crippen LogP contribution in [0, 0.1) is 0 Å². The summed E-state index contributed by atoms with van der Waals surface area (Å²) in [5.74, 6) is 0. The first-order chi connectivity index (χ1) is 6.00. The van der Waals surface area contributed by atoms with Crippen LogP contribution in [0.4, 0.5) is 11.7 Å². The molecular weight excluding hydrogens is 361 g/mol. The van der Waals surface area contributed by atoms with Crippen molar-refractivity contribution in [3.8, 4) is 0 Å². The van der Waals surface area contributed by atoms with Crippen molar-refractivity contribution >= 4 is 31.5 Å². The predicted molar refractivity (Wildman–Crippen MR) is 38.0 cm³/mol. The Labute approximate surface area is 99.3 Å². The summed E-state index contributed by atoms with van der Waals surface area (Å²) in [6.45, 7) is 0. The third-order valence-corrected chi connectivity index (χ3v) is 0. The van der Waals surface area contributed by atoms with Gasteiger partial charge in [-0.2, -0.15) is 25.3 Å². The average Bonchev–Trinajstić information content (AvgIpc) is 1.41. The molecule has 0 saturated heterocycles. The van der Waals surface area contributed by atoms with Crippen molar-refractivity contribution in [1.29, 1.82) is 0 Å². The van der Waals surface area contributed by atoms with Crippen molar-refractivity contribution in [3.05, 3.63) is 0 Å². The Morgan fingerprint density at radius 2 is 0.562 bits per heavy atom. The first-order valence-electron chi connectivity index (χ1n) is 2.01. The molecule has 0 atom stereocenters. The summed E-state index contributed by atoms with van der Waals surface area (Å²) in [5.41, 5.74) is 0. The van der Waals surface area contributed by atoms with E-state index >= 15 is 0 Å². The fraction of sp³-hybridized carbons (Fsp3) is 0. The zero-order valence-corrected chi connectivity index (χ0v) is 9.84. The van der Waals surface area contributed by atoms with Gasteiger partial charge < -0.3 is 0 Å². The van der Waals surface area contributed by atoms with E-state index in [9.17, 15) is 11.7 Å². The standard InChI is InChI=1S/Cu.3FHO3S/c;3*1-5(2,3)4/h;3*(H,2,3,4). The normalized spacial score (nSPS) is 10.9. The molecule has 0 bridgehead atoms. The van der Waals surface area contributed by atoms with Crippen molar-refractivity contribution in [1.82, 2.24) is 0 Å². The monoisotopic (exact) mass is 363 g/mol. The molecule has 16 heavy (non-hydrogen) atoms. The molecule has 0 unspecified atom stereocenters. The topological polar surface area (TPSA) is 163 Å². The van der Waals surface area contributed by atoms with Gasteiger partial charge in [0.05, 0.1) is 0 Å². The van der Waals surface area contributed by atoms with Crippen LogP contribution < -0.4 is 0 Å². The largest absolute Gasteiger partial charge is 0.435 e. The fourth-order valence-electron chi connectivity index (χ4n) is 0. The fourth-order valence-corrected chi connectivity index (χ4v) is 0. The minimum Gasteiger partial charge on any atom is -0.260 e. The minimum atomic E-state index is -5.17. The Balaban J connectivity index is -0.0000000655. The molecule has 9 nitrogen and oxygen atoms in total. The SMILES string of the molecule is O=S(=O)(O)F.O=S(=O)(O)F.O=S(=O)(O)F.[Cu]. The summed E-state index contributed by atoms with van der Waals surface area (Å²) >= 11 is 0. The van der Waals surface area contributed by atoms with E-state index in [1.54, 1.807) is 0 Å². The van der Waals surface area contributed by atoms with Gasteiger partial charge in [-0.15, -0.1) is 0 Å². The zero-order chi connectivity index (χ0) is 13.5. The van der Waals surface area contributed by atoms with Crippen molar-refractivity contribution in [2.24, 2.45) is 0 Å². The second-order valence-electron chi connectivity index (χ2n) is 1.24. The Morgan fingerprint density at radius 3 is 0.562 bits per heavy atom. The van der Waals surface area contributed by atoms with Crippen LogP contribution in [0.3, 0.4) is 0 Å². The van der Waals surface area contributed by atoms with Crippen molar-refractivity contribution < 1.29 is 67.6 Å². The third kappa shape index (κ3) is 1530000. The maximum absolute atomic E-state index is 10.2. The summed E-state index contributed by atoms with van der Waals surface area (Å²) in [6.07, 6.45) is 0. The van der Waals surface area contributed by atoms with Crippen LogP contribution >= 0.6 is 0 Å². The van der Waals surface area contributed by atoms with E-state index in [1.165, 1.54) is 0 Å². The molecule has 16 heteroatoms. The number of halogens is 3. The molecule has 0 fully saturated rings. The smallest absolute Gasteiger partial charge is 0.260 e. The summed E-state index contributed by atoms with van der Waals surface area (Å²) in [4.78, 5) is 0. The first-order valence-corrected chi connectivity index (χ1v) is 6.03. The summed E-state index contributed by atoms with van der Waals surface area (Å²) in [6, 6.07) is 0. The number of rotatable bonds is 0. The molecule has 3 N–H and O–H groups in total. The molecule has 0 amide bonds. The van der Waals surface area contributed by atoms with Crippen molar-refractivity contribution in [2.45, 2.75) is 0 Å².